The van der Waals surface area contributed by atoms with Crippen molar-refractivity contribution in [3.8, 4) is 0 Å². The Morgan fingerprint density at radius 1 is 1.28 bits per heavy atom. The number of rotatable bonds is 7. The summed E-state index contributed by atoms with van der Waals surface area (Å²) < 4.78 is 37.6. The van der Waals surface area contributed by atoms with Gasteiger partial charge >= 0.3 is 0 Å². The fraction of sp³-hybridized carbons (Fsp3) is 0.500. The SMILES string of the molecule is CCC(NCCS(=O)(=O)NC)c1ccc(F)cc1. The van der Waals surface area contributed by atoms with Crippen molar-refractivity contribution in [1.29, 1.82) is 0 Å². The van der Waals surface area contributed by atoms with Crippen LogP contribution in [0, 0.1) is 5.82 Å². The molecule has 1 aromatic rings. The molecule has 0 saturated heterocycles. The van der Waals surface area contributed by atoms with Crippen LogP contribution in [0.15, 0.2) is 24.3 Å². The summed E-state index contributed by atoms with van der Waals surface area (Å²) in [7, 11) is -1.79. The summed E-state index contributed by atoms with van der Waals surface area (Å²) >= 11 is 0. The molecule has 0 fully saturated rings. The topological polar surface area (TPSA) is 58.2 Å². The molecule has 0 heterocycles. The molecule has 0 aliphatic carbocycles. The molecular weight excluding hydrogens is 255 g/mol. The molecule has 1 unspecified atom stereocenters. The van der Waals surface area contributed by atoms with Gasteiger partial charge in [-0.3, -0.25) is 0 Å². The Balaban J connectivity index is 2.55. The van der Waals surface area contributed by atoms with Crippen LogP contribution in [0.1, 0.15) is 24.9 Å². The van der Waals surface area contributed by atoms with Crippen LogP contribution in [0.5, 0.6) is 0 Å². The lowest BCUT2D eigenvalue weighted by atomic mass is 10.0. The highest BCUT2D eigenvalue weighted by Crippen LogP contribution is 2.16. The van der Waals surface area contributed by atoms with E-state index < -0.39 is 10.0 Å². The molecular formula is C12H19FN2O2S. The molecule has 18 heavy (non-hydrogen) atoms. The van der Waals surface area contributed by atoms with Gasteiger partial charge < -0.3 is 5.32 Å². The van der Waals surface area contributed by atoms with Gasteiger partial charge in [-0.1, -0.05) is 19.1 Å². The maximum absolute atomic E-state index is 12.8. The standard InChI is InChI=1S/C12H19FN2O2S/c1-3-12(10-4-6-11(13)7-5-10)15-8-9-18(16,17)14-2/h4-7,12,14-15H,3,8-9H2,1-2H3. The fourth-order valence-corrected chi connectivity index (χ4v) is 2.25. The van der Waals surface area contributed by atoms with Crippen molar-refractivity contribution in [3.63, 3.8) is 0 Å². The molecule has 0 aliphatic rings. The first-order valence-electron chi connectivity index (χ1n) is 5.88. The first kappa shape index (κ1) is 15.1. The first-order valence-corrected chi connectivity index (χ1v) is 7.54. The predicted octanol–water partition coefficient (Wildman–Crippen LogP) is 1.42. The number of halogens is 1. The highest BCUT2D eigenvalue weighted by molar-refractivity contribution is 7.89. The van der Waals surface area contributed by atoms with E-state index in [4.69, 9.17) is 0 Å². The Hall–Kier alpha value is -0.980. The van der Waals surface area contributed by atoms with Crippen molar-refractivity contribution in [2.45, 2.75) is 19.4 Å². The molecule has 1 aromatic carbocycles. The maximum Gasteiger partial charge on any atom is 0.212 e. The molecule has 0 aliphatic heterocycles. The number of hydrogen-bond acceptors (Lipinski definition) is 3. The number of nitrogens with one attached hydrogen (secondary N) is 2. The van der Waals surface area contributed by atoms with Crippen molar-refractivity contribution in [3.05, 3.63) is 35.6 Å². The van der Waals surface area contributed by atoms with E-state index in [1.54, 1.807) is 12.1 Å². The van der Waals surface area contributed by atoms with Gasteiger partial charge in [-0.2, -0.15) is 0 Å². The van der Waals surface area contributed by atoms with E-state index in [2.05, 4.69) is 10.0 Å². The van der Waals surface area contributed by atoms with Crippen LogP contribution in [0.4, 0.5) is 4.39 Å². The molecule has 0 amide bonds. The zero-order chi connectivity index (χ0) is 13.6. The molecule has 0 aromatic heterocycles. The van der Waals surface area contributed by atoms with E-state index in [-0.39, 0.29) is 17.6 Å². The van der Waals surface area contributed by atoms with Gasteiger partial charge in [0.2, 0.25) is 10.0 Å². The molecule has 1 rings (SSSR count). The summed E-state index contributed by atoms with van der Waals surface area (Å²) in [4.78, 5) is 0. The van der Waals surface area contributed by atoms with E-state index in [1.807, 2.05) is 6.92 Å². The highest BCUT2D eigenvalue weighted by Gasteiger charge is 2.11. The lowest BCUT2D eigenvalue weighted by Gasteiger charge is -2.17. The summed E-state index contributed by atoms with van der Waals surface area (Å²) in [6.45, 7) is 2.35. The summed E-state index contributed by atoms with van der Waals surface area (Å²) in [5.41, 5.74) is 0.959. The van der Waals surface area contributed by atoms with Crippen molar-refractivity contribution in [1.82, 2.24) is 10.0 Å². The Labute approximate surface area is 108 Å². The van der Waals surface area contributed by atoms with Gasteiger partial charge in [0.15, 0.2) is 0 Å². The highest BCUT2D eigenvalue weighted by atomic mass is 32.2. The molecule has 0 spiro atoms. The summed E-state index contributed by atoms with van der Waals surface area (Å²) in [6, 6.07) is 6.28. The van der Waals surface area contributed by atoms with Crippen LogP contribution in [0.25, 0.3) is 0 Å². The monoisotopic (exact) mass is 274 g/mol. The summed E-state index contributed by atoms with van der Waals surface area (Å²) in [5, 5.41) is 3.15. The fourth-order valence-electron chi connectivity index (χ4n) is 1.66. The van der Waals surface area contributed by atoms with Gasteiger partial charge in [0.25, 0.3) is 0 Å². The van der Waals surface area contributed by atoms with Gasteiger partial charge in [-0.25, -0.2) is 17.5 Å². The zero-order valence-corrected chi connectivity index (χ0v) is 11.4. The number of hydrogen-bond donors (Lipinski definition) is 2. The Kier molecular flexibility index (Phi) is 5.71. The van der Waals surface area contributed by atoms with E-state index in [0.29, 0.717) is 6.54 Å². The van der Waals surface area contributed by atoms with Crippen LogP contribution in [-0.4, -0.2) is 27.8 Å². The van der Waals surface area contributed by atoms with Crippen LogP contribution in [-0.2, 0) is 10.0 Å². The van der Waals surface area contributed by atoms with Crippen molar-refractivity contribution in [2.75, 3.05) is 19.3 Å². The second-order valence-corrected chi connectivity index (χ2v) is 6.04. The van der Waals surface area contributed by atoms with Crippen molar-refractivity contribution in [2.24, 2.45) is 0 Å². The predicted molar refractivity (Wildman–Crippen MR) is 70.3 cm³/mol. The molecule has 0 bridgehead atoms. The van der Waals surface area contributed by atoms with Gasteiger partial charge in [0.1, 0.15) is 5.82 Å². The summed E-state index contributed by atoms with van der Waals surface area (Å²) in [6.07, 6.45) is 0.811. The molecule has 102 valence electrons. The smallest absolute Gasteiger partial charge is 0.212 e. The third-order valence-corrected chi connectivity index (χ3v) is 4.12. The van der Waals surface area contributed by atoms with E-state index >= 15 is 0 Å². The maximum atomic E-state index is 12.8. The van der Waals surface area contributed by atoms with E-state index in [9.17, 15) is 12.8 Å². The van der Waals surface area contributed by atoms with Crippen LogP contribution in [0.2, 0.25) is 0 Å². The molecule has 0 radical (unpaired) electrons. The third kappa shape index (κ3) is 4.72. The average molecular weight is 274 g/mol. The Morgan fingerprint density at radius 2 is 1.89 bits per heavy atom. The van der Waals surface area contributed by atoms with Gasteiger partial charge in [0.05, 0.1) is 5.75 Å². The lowest BCUT2D eigenvalue weighted by Crippen LogP contribution is -2.31. The Morgan fingerprint density at radius 3 is 2.39 bits per heavy atom. The largest absolute Gasteiger partial charge is 0.309 e. The molecule has 0 saturated carbocycles. The molecule has 2 N–H and O–H groups in total. The molecule has 4 nitrogen and oxygen atoms in total. The minimum atomic E-state index is -3.18. The average Bonchev–Trinajstić information content (AvgIpc) is 2.36. The third-order valence-electron chi connectivity index (χ3n) is 2.75. The first-order chi connectivity index (χ1) is 8.48. The molecule has 6 heteroatoms. The summed E-state index contributed by atoms with van der Waals surface area (Å²) in [5.74, 6) is -0.243. The van der Waals surface area contributed by atoms with Crippen LogP contribution in [0.3, 0.4) is 0 Å². The number of sulfonamides is 1. The van der Waals surface area contributed by atoms with E-state index in [0.717, 1.165) is 12.0 Å². The second-order valence-electron chi connectivity index (χ2n) is 3.99. The van der Waals surface area contributed by atoms with Crippen molar-refractivity contribution < 1.29 is 12.8 Å². The lowest BCUT2D eigenvalue weighted by molar-refractivity contribution is 0.528. The van der Waals surface area contributed by atoms with Gasteiger partial charge in [0, 0.05) is 12.6 Å². The van der Waals surface area contributed by atoms with Crippen LogP contribution >= 0.6 is 0 Å². The quantitative estimate of drug-likeness (QED) is 0.790. The Bertz CT molecular complexity index is 459. The van der Waals surface area contributed by atoms with Gasteiger partial charge in [-0.05, 0) is 31.2 Å². The van der Waals surface area contributed by atoms with Crippen molar-refractivity contribution >= 4 is 10.0 Å². The number of benzene rings is 1. The van der Waals surface area contributed by atoms with E-state index in [1.165, 1.54) is 19.2 Å². The minimum Gasteiger partial charge on any atom is -0.309 e. The minimum absolute atomic E-state index is 0.0290. The van der Waals surface area contributed by atoms with Gasteiger partial charge in [-0.15, -0.1) is 0 Å². The van der Waals surface area contributed by atoms with Crippen LogP contribution < -0.4 is 10.0 Å². The second kappa shape index (κ2) is 6.82. The zero-order valence-electron chi connectivity index (χ0n) is 10.6. The normalized spacial score (nSPS) is 13.5. The molecule has 1 atom stereocenters.